The molecule has 0 saturated carbocycles. The van der Waals surface area contributed by atoms with Crippen molar-refractivity contribution in [2.45, 2.75) is 4.21 Å². The molecule has 0 unspecified atom stereocenters. The predicted molar refractivity (Wildman–Crippen MR) is 121 cm³/mol. The first-order valence-electron chi connectivity index (χ1n) is 9.19. The third-order valence-electron chi connectivity index (χ3n) is 4.14. The molecule has 0 saturated heterocycles. The molecule has 3 N–H and O–H groups in total. The van der Waals surface area contributed by atoms with E-state index in [1.54, 1.807) is 12.1 Å². The highest BCUT2D eigenvalue weighted by Crippen LogP contribution is 2.39. The van der Waals surface area contributed by atoms with E-state index in [0.717, 1.165) is 17.9 Å². The number of hydrogen-bond acceptors (Lipinski definition) is 7. The third-order valence-corrected chi connectivity index (χ3v) is 8.05. The van der Waals surface area contributed by atoms with Gasteiger partial charge in [-0.15, -0.1) is 22.9 Å². The Bertz CT molecular complexity index is 1130. The molecule has 0 spiro atoms. The van der Waals surface area contributed by atoms with E-state index >= 15 is 0 Å². The van der Waals surface area contributed by atoms with Gasteiger partial charge in [-0.25, -0.2) is 8.42 Å². The number of fused-ring (bicyclic) bond motifs is 1. The van der Waals surface area contributed by atoms with Crippen molar-refractivity contribution in [3.05, 3.63) is 42.6 Å². The smallest absolute Gasteiger partial charge is 0.340 e. The van der Waals surface area contributed by atoms with E-state index in [-0.39, 0.29) is 16.7 Å². The number of halogens is 1. The van der Waals surface area contributed by atoms with Gasteiger partial charge in [-0.3, -0.25) is 4.57 Å². The van der Waals surface area contributed by atoms with Crippen LogP contribution in [-0.2, 0) is 14.6 Å². The number of ether oxygens (including phenoxy) is 2. The van der Waals surface area contributed by atoms with Crippen LogP contribution in [0.15, 0.2) is 46.8 Å². The maximum absolute atomic E-state index is 12.4. The van der Waals surface area contributed by atoms with E-state index in [2.05, 4.69) is 4.90 Å². The van der Waals surface area contributed by atoms with Gasteiger partial charge in [0, 0.05) is 17.3 Å². The van der Waals surface area contributed by atoms with Crippen LogP contribution < -0.4 is 14.2 Å². The molecule has 1 aliphatic rings. The van der Waals surface area contributed by atoms with Gasteiger partial charge in [0.05, 0.1) is 12.4 Å². The Morgan fingerprint density at radius 3 is 2.58 bits per heavy atom. The number of nitrogens with one attached hydrogen (secondary N) is 1. The van der Waals surface area contributed by atoms with E-state index < -0.39 is 23.9 Å². The summed E-state index contributed by atoms with van der Waals surface area (Å²) in [4.78, 5) is 19.9. The van der Waals surface area contributed by atoms with E-state index in [4.69, 9.17) is 30.9 Å². The molecule has 170 valence electrons. The zero-order valence-electron chi connectivity index (χ0n) is 16.3. The lowest BCUT2D eigenvalue weighted by Crippen LogP contribution is -2.24. The molecule has 3 rings (SSSR count). The summed E-state index contributed by atoms with van der Waals surface area (Å²) in [5.74, 6) is 1.17. The molecule has 0 bridgehead atoms. The number of allylic oxidation sites excluding steroid dienone is 2. The molecule has 1 aromatic heterocycles. The number of thiophene rings is 1. The van der Waals surface area contributed by atoms with Gasteiger partial charge in [0.25, 0.3) is 10.0 Å². The van der Waals surface area contributed by atoms with Crippen LogP contribution in [0.25, 0.3) is 10.1 Å². The highest BCUT2D eigenvalue weighted by molar-refractivity contribution is 7.92. The van der Waals surface area contributed by atoms with Gasteiger partial charge in [0.2, 0.25) is 0 Å². The molecule has 0 amide bonds. The summed E-state index contributed by atoms with van der Waals surface area (Å²) >= 11 is 6.69. The molecule has 2 aromatic rings. The zero-order chi connectivity index (χ0) is 22.5. The van der Waals surface area contributed by atoms with Crippen molar-refractivity contribution in [1.82, 2.24) is 9.62 Å². The van der Waals surface area contributed by atoms with E-state index in [9.17, 15) is 13.0 Å². The minimum Gasteiger partial charge on any atom is -0.488 e. The van der Waals surface area contributed by atoms with Crippen LogP contribution in [0.1, 0.15) is 0 Å². The molecule has 9 nitrogen and oxygen atoms in total. The molecule has 0 aliphatic carbocycles. The van der Waals surface area contributed by atoms with Crippen LogP contribution in [0.4, 0.5) is 0 Å². The Kier molecular flexibility index (Phi) is 8.03. The van der Waals surface area contributed by atoms with Crippen LogP contribution in [0.5, 0.6) is 11.5 Å². The Morgan fingerprint density at radius 1 is 1.16 bits per heavy atom. The van der Waals surface area contributed by atoms with Gasteiger partial charge < -0.3 is 24.2 Å². The van der Waals surface area contributed by atoms with Crippen LogP contribution in [0.2, 0.25) is 0 Å². The first-order valence-corrected chi connectivity index (χ1v) is 13.8. The zero-order valence-corrected chi connectivity index (χ0v) is 19.6. The molecule has 31 heavy (non-hydrogen) atoms. The third kappa shape index (κ3) is 6.95. The summed E-state index contributed by atoms with van der Waals surface area (Å²) in [6, 6.07) is 4.78. The quantitative estimate of drug-likeness (QED) is 0.312. The first kappa shape index (κ1) is 24.1. The number of benzene rings is 1. The summed E-state index contributed by atoms with van der Waals surface area (Å²) in [6.07, 6.45) is 6.95. The second-order valence-corrected chi connectivity index (χ2v) is 11.6. The van der Waals surface area contributed by atoms with Crippen molar-refractivity contribution in [2.75, 3.05) is 38.5 Å². The highest BCUT2D eigenvalue weighted by Gasteiger charge is 2.23. The van der Waals surface area contributed by atoms with Gasteiger partial charge in [0.1, 0.15) is 23.7 Å². The average Bonchev–Trinajstić information content (AvgIpc) is 3.15. The minimum atomic E-state index is -4.52. The summed E-state index contributed by atoms with van der Waals surface area (Å²) < 4.78 is 49.9. The molecule has 1 aliphatic heterocycles. The monoisotopic (exact) mass is 508 g/mol. The molecule has 13 heteroatoms. The average molecular weight is 509 g/mol. The van der Waals surface area contributed by atoms with Crippen molar-refractivity contribution < 1.29 is 32.2 Å². The number of rotatable bonds is 11. The summed E-state index contributed by atoms with van der Waals surface area (Å²) in [5.41, 5.74) is 0. The standard InChI is InChI=1S/C18H22ClN2O7PS2/c19-4-8-27-15-10-14-11-18(31(25,26)20-13-29(22,23)24)30-17(14)12-16(15)28-9-7-21-5-2-1-3-6-21/h1-3,5,10-12,20H,4,6-9,13H2,(H2,22,23,24). The van der Waals surface area contributed by atoms with E-state index in [0.29, 0.717) is 34.7 Å². The van der Waals surface area contributed by atoms with Gasteiger partial charge in [-0.2, -0.15) is 4.72 Å². The number of nitrogens with zero attached hydrogens (tertiary/aromatic N) is 1. The van der Waals surface area contributed by atoms with Crippen LogP contribution >= 0.6 is 30.5 Å². The van der Waals surface area contributed by atoms with Crippen molar-refractivity contribution in [2.24, 2.45) is 0 Å². The highest BCUT2D eigenvalue weighted by atomic mass is 35.5. The topological polar surface area (TPSA) is 125 Å². The molecule has 0 fully saturated rings. The maximum atomic E-state index is 12.4. The normalized spacial score (nSPS) is 14.4. The summed E-state index contributed by atoms with van der Waals surface area (Å²) in [5, 5.41) is 0.600. The Morgan fingerprint density at radius 2 is 1.90 bits per heavy atom. The fraction of sp³-hybridized carbons (Fsp3) is 0.333. The minimum absolute atomic E-state index is 0.0679. The second-order valence-electron chi connectivity index (χ2n) is 6.52. The largest absolute Gasteiger partial charge is 0.488 e. The second kappa shape index (κ2) is 10.4. The van der Waals surface area contributed by atoms with Gasteiger partial charge in [-0.05, 0) is 29.8 Å². The first-order chi connectivity index (χ1) is 14.7. The Balaban J connectivity index is 1.81. The number of sulfonamides is 1. The fourth-order valence-electron chi connectivity index (χ4n) is 2.72. The fourth-order valence-corrected chi connectivity index (χ4v) is 6.26. The van der Waals surface area contributed by atoms with Crippen LogP contribution in [0.3, 0.4) is 0 Å². The SMILES string of the molecule is O=P(O)(O)CNS(=O)(=O)c1cc2cc(OCCCl)c(OCCN3C=CC=CC3)cc2s1. The van der Waals surface area contributed by atoms with Gasteiger partial charge >= 0.3 is 7.60 Å². The number of alkyl halides is 1. The lowest BCUT2D eigenvalue weighted by atomic mass is 10.2. The molecule has 1 aromatic carbocycles. The van der Waals surface area contributed by atoms with Gasteiger partial charge in [-0.1, -0.05) is 12.2 Å². The van der Waals surface area contributed by atoms with E-state index in [1.807, 2.05) is 29.2 Å². The number of hydrogen-bond donors (Lipinski definition) is 3. The van der Waals surface area contributed by atoms with Crippen molar-refractivity contribution in [3.63, 3.8) is 0 Å². The lowest BCUT2D eigenvalue weighted by molar-refractivity contribution is 0.246. The maximum Gasteiger partial charge on any atom is 0.340 e. The summed E-state index contributed by atoms with van der Waals surface area (Å²) in [6.45, 7) is 2.09. The predicted octanol–water partition coefficient (Wildman–Crippen LogP) is 2.70. The Hall–Kier alpha value is -1.59. The molecular formula is C18H22ClN2O7PS2. The van der Waals surface area contributed by atoms with Gasteiger partial charge in [0.15, 0.2) is 11.5 Å². The molecular weight excluding hydrogens is 487 g/mol. The van der Waals surface area contributed by atoms with E-state index in [1.165, 1.54) is 6.07 Å². The lowest BCUT2D eigenvalue weighted by Gasteiger charge is -2.21. The Labute approximate surface area is 189 Å². The van der Waals surface area contributed by atoms with Crippen molar-refractivity contribution in [1.29, 1.82) is 0 Å². The molecule has 0 radical (unpaired) electrons. The van der Waals surface area contributed by atoms with Crippen molar-refractivity contribution >= 4 is 50.6 Å². The summed E-state index contributed by atoms with van der Waals surface area (Å²) in [7, 11) is -8.60. The molecule has 2 heterocycles. The van der Waals surface area contributed by atoms with Crippen LogP contribution in [0, 0.1) is 0 Å². The van der Waals surface area contributed by atoms with Crippen LogP contribution in [-0.4, -0.2) is 61.6 Å². The molecule has 0 atom stereocenters. The van der Waals surface area contributed by atoms with Crippen molar-refractivity contribution in [3.8, 4) is 11.5 Å².